The summed E-state index contributed by atoms with van der Waals surface area (Å²) < 4.78 is 20.3. The van der Waals surface area contributed by atoms with Crippen LogP contribution in [0.25, 0.3) is 0 Å². The number of aryl methyl sites for hydroxylation is 1. The van der Waals surface area contributed by atoms with Crippen molar-refractivity contribution in [2.75, 3.05) is 0 Å². The molecular formula is C11H17IN2O4S. The van der Waals surface area contributed by atoms with E-state index in [0.29, 0.717) is 11.5 Å². The summed E-state index contributed by atoms with van der Waals surface area (Å²) in [6.07, 6.45) is -0.216. The van der Waals surface area contributed by atoms with Gasteiger partial charge in [0.2, 0.25) is 0 Å². The molecule has 19 heavy (non-hydrogen) atoms. The zero-order valence-corrected chi connectivity index (χ0v) is 14.2. The third-order valence-electron chi connectivity index (χ3n) is 2.32. The molecule has 0 saturated heterocycles. The molecule has 1 rings (SSSR count). The van der Waals surface area contributed by atoms with Crippen molar-refractivity contribution in [2.24, 2.45) is 0 Å². The Bertz CT molecular complexity index is 495. The second kappa shape index (κ2) is 6.31. The minimum atomic E-state index is -1.39. The number of hydrogen-bond acceptors (Lipinski definition) is 4. The summed E-state index contributed by atoms with van der Waals surface area (Å²) in [5.41, 5.74) is 0.689. The highest BCUT2D eigenvalue weighted by Crippen LogP contribution is 2.26. The predicted molar refractivity (Wildman–Crippen MR) is 80.0 cm³/mol. The summed E-state index contributed by atoms with van der Waals surface area (Å²) in [6.45, 7) is 7.20. The number of nitrogens with zero attached hydrogens (tertiary/aromatic N) is 1. The van der Waals surface area contributed by atoms with Crippen molar-refractivity contribution in [3.05, 3.63) is 15.0 Å². The molecule has 0 saturated carbocycles. The van der Waals surface area contributed by atoms with Crippen molar-refractivity contribution in [1.82, 2.24) is 9.88 Å². The Morgan fingerprint density at radius 3 is 2.53 bits per heavy atom. The number of halogens is 1. The normalized spacial score (nSPS) is 15.2. The van der Waals surface area contributed by atoms with E-state index in [1.807, 2.05) is 43.4 Å². The van der Waals surface area contributed by atoms with Crippen molar-refractivity contribution < 1.29 is 18.6 Å². The topological polar surface area (TPSA) is 92.4 Å². The first-order valence-electron chi connectivity index (χ1n) is 5.64. The molecule has 0 aliphatic heterocycles. The number of hydrogen-bond donors (Lipinski definition) is 2. The molecule has 1 heterocycles. The van der Waals surface area contributed by atoms with Crippen LogP contribution in [0.15, 0.2) is 4.52 Å². The fourth-order valence-electron chi connectivity index (χ4n) is 1.26. The average molecular weight is 400 g/mol. The lowest BCUT2D eigenvalue weighted by Crippen LogP contribution is -2.36. The molecule has 0 aliphatic carbocycles. The molecule has 2 N–H and O–H groups in total. The lowest BCUT2D eigenvalue weighted by molar-refractivity contribution is -0.137. The van der Waals surface area contributed by atoms with E-state index in [0.717, 1.165) is 3.57 Å². The lowest BCUT2D eigenvalue weighted by atomic mass is 10.1. The van der Waals surface area contributed by atoms with Gasteiger partial charge in [-0.3, -0.25) is 4.79 Å². The molecule has 0 aromatic carbocycles. The van der Waals surface area contributed by atoms with E-state index in [4.69, 9.17) is 9.63 Å². The molecular weight excluding hydrogens is 383 g/mol. The number of carboxylic acid groups (broad SMARTS) is 1. The molecule has 6 nitrogen and oxygen atoms in total. The van der Waals surface area contributed by atoms with Gasteiger partial charge in [-0.15, -0.1) is 0 Å². The summed E-state index contributed by atoms with van der Waals surface area (Å²) in [5, 5.41) is 12.8. The minimum Gasteiger partial charge on any atom is -0.481 e. The summed E-state index contributed by atoms with van der Waals surface area (Å²) in [5.74, 6) is -0.577. The lowest BCUT2D eigenvalue weighted by Gasteiger charge is -2.22. The first-order chi connectivity index (χ1) is 8.62. The standard InChI is InChI=1S/C11H17IN2O4S/c1-6-9(12)10(18-13-6)7(5-8(15)16)14-19(17)11(2,3)4/h7,14H,5H2,1-4H3,(H,15,16)/t7-,19-/m0/s1. The molecule has 0 aliphatic rings. The summed E-state index contributed by atoms with van der Waals surface area (Å²) in [4.78, 5) is 10.9. The second-order valence-corrected chi connectivity index (χ2v) is 8.17. The molecule has 0 fully saturated rings. The van der Waals surface area contributed by atoms with Crippen molar-refractivity contribution in [1.29, 1.82) is 0 Å². The highest BCUT2D eigenvalue weighted by molar-refractivity contribution is 14.1. The Hall–Kier alpha value is -0.480. The minimum absolute atomic E-state index is 0.216. The summed E-state index contributed by atoms with van der Waals surface area (Å²) in [6, 6.07) is -0.661. The van der Waals surface area contributed by atoms with Crippen LogP contribution < -0.4 is 4.72 Å². The van der Waals surface area contributed by atoms with Gasteiger partial charge in [0.05, 0.1) is 37.5 Å². The zero-order chi connectivity index (χ0) is 14.8. The predicted octanol–water partition coefficient (Wildman–Crippen LogP) is 2.16. The SMILES string of the molecule is Cc1noc([C@H](CC(=O)O)N[S@@](=O)C(C)(C)C)c1I. The van der Waals surface area contributed by atoms with Crippen LogP contribution in [0, 0.1) is 10.5 Å². The molecule has 1 aromatic heterocycles. The first-order valence-corrected chi connectivity index (χ1v) is 7.87. The number of rotatable bonds is 5. The highest BCUT2D eigenvalue weighted by atomic mass is 127. The van der Waals surface area contributed by atoms with Gasteiger partial charge in [0.1, 0.15) is 0 Å². The van der Waals surface area contributed by atoms with Crippen LogP contribution >= 0.6 is 22.6 Å². The van der Waals surface area contributed by atoms with Crippen LogP contribution in [-0.4, -0.2) is 25.2 Å². The van der Waals surface area contributed by atoms with Gasteiger partial charge in [-0.05, 0) is 50.3 Å². The highest BCUT2D eigenvalue weighted by Gasteiger charge is 2.29. The smallest absolute Gasteiger partial charge is 0.305 e. The third kappa shape index (κ3) is 4.53. The molecule has 2 atom stereocenters. The first kappa shape index (κ1) is 16.6. The van der Waals surface area contributed by atoms with E-state index >= 15 is 0 Å². The maximum absolute atomic E-state index is 12.1. The van der Waals surface area contributed by atoms with Crippen molar-refractivity contribution >= 4 is 39.5 Å². The number of carboxylic acids is 1. The van der Waals surface area contributed by atoms with Crippen LogP contribution in [0.2, 0.25) is 0 Å². The van der Waals surface area contributed by atoms with E-state index in [1.54, 1.807) is 6.92 Å². The quantitative estimate of drug-likeness (QED) is 0.740. The van der Waals surface area contributed by atoms with Crippen molar-refractivity contribution in [3.63, 3.8) is 0 Å². The summed E-state index contributed by atoms with van der Waals surface area (Å²) >= 11 is 2.04. The van der Waals surface area contributed by atoms with Gasteiger partial charge in [0.15, 0.2) is 5.76 Å². The molecule has 8 heteroatoms. The molecule has 1 aromatic rings. The van der Waals surface area contributed by atoms with Crippen LogP contribution in [-0.2, 0) is 15.8 Å². The Labute approximate surface area is 128 Å². The van der Waals surface area contributed by atoms with Crippen molar-refractivity contribution in [2.45, 2.75) is 44.9 Å². The van der Waals surface area contributed by atoms with Crippen LogP contribution in [0.1, 0.15) is 44.7 Å². The molecule has 0 amide bonds. The zero-order valence-electron chi connectivity index (χ0n) is 11.2. The van der Waals surface area contributed by atoms with Crippen molar-refractivity contribution in [3.8, 4) is 0 Å². The molecule has 108 valence electrons. The van der Waals surface area contributed by atoms with E-state index < -0.39 is 27.7 Å². The van der Waals surface area contributed by atoms with Gasteiger partial charge in [-0.25, -0.2) is 8.93 Å². The fraction of sp³-hybridized carbons (Fsp3) is 0.636. The maximum Gasteiger partial charge on any atom is 0.305 e. The molecule has 0 radical (unpaired) electrons. The average Bonchev–Trinajstić information content (AvgIpc) is 2.56. The van der Waals surface area contributed by atoms with E-state index in [-0.39, 0.29) is 6.42 Å². The monoisotopic (exact) mass is 400 g/mol. The fourth-order valence-corrected chi connectivity index (χ4v) is 2.64. The Balaban J connectivity index is 2.99. The van der Waals surface area contributed by atoms with Crippen LogP contribution in [0.3, 0.4) is 0 Å². The van der Waals surface area contributed by atoms with Gasteiger partial charge in [0, 0.05) is 0 Å². The maximum atomic E-state index is 12.1. The van der Waals surface area contributed by atoms with Crippen LogP contribution in [0.5, 0.6) is 0 Å². The third-order valence-corrected chi connectivity index (χ3v) is 5.24. The Morgan fingerprint density at radius 2 is 2.16 bits per heavy atom. The van der Waals surface area contributed by atoms with Gasteiger partial charge < -0.3 is 9.63 Å². The number of aliphatic carboxylic acids is 1. The van der Waals surface area contributed by atoms with Gasteiger partial charge in [-0.1, -0.05) is 5.16 Å². The van der Waals surface area contributed by atoms with Gasteiger partial charge in [-0.2, -0.15) is 0 Å². The van der Waals surface area contributed by atoms with Gasteiger partial charge >= 0.3 is 5.97 Å². The van der Waals surface area contributed by atoms with Crippen LogP contribution in [0.4, 0.5) is 0 Å². The Morgan fingerprint density at radius 1 is 1.58 bits per heavy atom. The Kier molecular flexibility index (Phi) is 5.51. The number of nitrogens with one attached hydrogen (secondary N) is 1. The molecule has 0 unspecified atom stereocenters. The largest absolute Gasteiger partial charge is 0.481 e. The number of carbonyl (C=O) groups is 1. The second-order valence-electron chi connectivity index (χ2n) is 5.10. The summed E-state index contributed by atoms with van der Waals surface area (Å²) in [7, 11) is -1.39. The molecule has 0 bridgehead atoms. The van der Waals surface area contributed by atoms with E-state index in [9.17, 15) is 9.00 Å². The van der Waals surface area contributed by atoms with E-state index in [2.05, 4.69) is 9.88 Å². The number of aromatic nitrogens is 1. The van der Waals surface area contributed by atoms with Gasteiger partial charge in [0.25, 0.3) is 0 Å². The molecule has 0 spiro atoms. The van der Waals surface area contributed by atoms with E-state index in [1.165, 1.54) is 0 Å².